The molecule has 0 radical (unpaired) electrons. The first-order chi connectivity index (χ1) is 9.65. The molecule has 1 aromatic heterocycles. The second-order valence-corrected chi connectivity index (χ2v) is 6.86. The van der Waals surface area contributed by atoms with E-state index in [0.29, 0.717) is 20.7 Å². The van der Waals surface area contributed by atoms with Crippen LogP contribution < -0.4 is 5.32 Å². The van der Waals surface area contributed by atoms with E-state index in [2.05, 4.69) is 10.3 Å². The van der Waals surface area contributed by atoms with Gasteiger partial charge < -0.3 is 5.32 Å². The quantitative estimate of drug-likeness (QED) is 0.831. The summed E-state index contributed by atoms with van der Waals surface area (Å²) in [6.45, 7) is 0. The van der Waals surface area contributed by atoms with Crippen molar-refractivity contribution in [1.29, 1.82) is 0 Å². The highest BCUT2D eigenvalue weighted by Gasteiger charge is 2.22. The standard InChI is InChI=1S/C14H14Cl2N2OS/c15-9-6-7-10(16)12-11(9)17-14(20-12)18-13(19)8-4-2-1-3-5-8/h6-8H,1-5H2,(H,17,18,19). The lowest BCUT2D eigenvalue weighted by Gasteiger charge is -2.19. The monoisotopic (exact) mass is 328 g/mol. The number of carbonyl (C=O) groups is 1. The molecule has 1 heterocycles. The molecule has 0 atom stereocenters. The van der Waals surface area contributed by atoms with Crippen molar-refractivity contribution < 1.29 is 4.79 Å². The molecule has 1 aliphatic rings. The number of nitrogens with zero attached hydrogens (tertiary/aromatic N) is 1. The zero-order chi connectivity index (χ0) is 14.1. The Bertz CT molecular complexity index is 611. The summed E-state index contributed by atoms with van der Waals surface area (Å²) in [6, 6.07) is 3.47. The summed E-state index contributed by atoms with van der Waals surface area (Å²) < 4.78 is 0.818. The smallest absolute Gasteiger partial charge is 0.229 e. The summed E-state index contributed by atoms with van der Waals surface area (Å²) in [5.41, 5.74) is 0.656. The normalized spacial score (nSPS) is 16.5. The molecule has 1 saturated carbocycles. The van der Waals surface area contributed by atoms with E-state index in [4.69, 9.17) is 23.2 Å². The Morgan fingerprint density at radius 1 is 1.20 bits per heavy atom. The number of fused-ring (bicyclic) bond motifs is 1. The first-order valence-electron chi connectivity index (χ1n) is 6.70. The number of nitrogens with one attached hydrogen (secondary N) is 1. The van der Waals surface area contributed by atoms with Gasteiger partial charge in [-0.1, -0.05) is 53.8 Å². The molecule has 1 N–H and O–H groups in total. The molecular weight excluding hydrogens is 315 g/mol. The minimum atomic E-state index is 0.0657. The lowest BCUT2D eigenvalue weighted by Crippen LogP contribution is -2.24. The summed E-state index contributed by atoms with van der Waals surface area (Å²) >= 11 is 13.6. The van der Waals surface area contributed by atoms with Crippen LogP contribution in [0.1, 0.15) is 32.1 Å². The molecule has 3 nitrogen and oxygen atoms in total. The maximum absolute atomic E-state index is 12.2. The van der Waals surface area contributed by atoms with Gasteiger partial charge in [0.2, 0.25) is 5.91 Å². The third kappa shape index (κ3) is 2.78. The molecule has 20 heavy (non-hydrogen) atoms. The minimum absolute atomic E-state index is 0.0657. The fourth-order valence-electron chi connectivity index (χ4n) is 2.57. The first kappa shape index (κ1) is 14.1. The van der Waals surface area contributed by atoms with Gasteiger partial charge in [-0.2, -0.15) is 0 Å². The van der Waals surface area contributed by atoms with Crippen LogP contribution in [0.5, 0.6) is 0 Å². The third-order valence-electron chi connectivity index (χ3n) is 3.65. The highest BCUT2D eigenvalue weighted by atomic mass is 35.5. The van der Waals surface area contributed by atoms with Gasteiger partial charge in [0, 0.05) is 5.92 Å². The SMILES string of the molecule is O=C(Nc1nc2c(Cl)ccc(Cl)c2s1)C1CCCCC1. The molecule has 106 valence electrons. The van der Waals surface area contributed by atoms with Crippen molar-refractivity contribution in [2.24, 2.45) is 5.92 Å². The van der Waals surface area contributed by atoms with Crippen LogP contribution in [0.25, 0.3) is 10.2 Å². The highest BCUT2D eigenvalue weighted by molar-refractivity contribution is 7.23. The Morgan fingerprint density at radius 2 is 1.90 bits per heavy atom. The van der Waals surface area contributed by atoms with Gasteiger partial charge in [0.15, 0.2) is 5.13 Å². The van der Waals surface area contributed by atoms with E-state index in [1.165, 1.54) is 17.8 Å². The molecule has 0 bridgehead atoms. The fraction of sp³-hybridized carbons (Fsp3) is 0.429. The van der Waals surface area contributed by atoms with Gasteiger partial charge >= 0.3 is 0 Å². The lowest BCUT2D eigenvalue weighted by atomic mass is 9.89. The number of anilines is 1. The van der Waals surface area contributed by atoms with Gasteiger partial charge in [0.05, 0.1) is 14.7 Å². The molecule has 0 spiro atoms. The predicted octanol–water partition coefficient (Wildman–Crippen LogP) is 5.12. The zero-order valence-corrected chi connectivity index (χ0v) is 13.1. The summed E-state index contributed by atoms with van der Waals surface area (Å²) in [5, 5.41) is 4.65. The fourth-order valence-corrected chi connectivity index (χ4v) is 3.99. The molecule has 0 aliphatic heterocycles. The molecule has 2 aromatic rings. The van der Waals surface area contributed by atoms with Crippen LogP contribution in [0.2, 0.25) is 10.0 Å². The number of aromatic nitrogens is 1. The van der Waals surface area contributed by atoms with E-state index in [9.17, 15) is 4.79 Å². The molecule has 1 amide bonds. The van der Waals surface area contributed by atoms with Gasteiger partial charge in [-0.05, 0) is 25.0 Å². The van der Waals surface area contributed by atoms with E-state index in [1.54, 1.807) is 12.1 Å². The van der Waals surface area contributed by atoms with Crippen molar-refractivity contribution in [1.82, 2.24) is 4.98 Å². The zero-order valence-electron chi connectivity index (χ0n) is 10.8. The molecule has 0 unspecified atom stereocenters. The average Bonchev–Trinajstić information content (AvgIpc) is 2.89. The van der Waals surface area contributed by atoms with Crippen molar-refractivity contribution in [3.05, 3.63) is 22.2 Å². The summed E-state index contributed by atoms with van der Waals surface area (Å²) in [5.74, 6) is 0.178. The first-order valence-corrected chi connectivity index (χ1v) is 8.28. The van der Waals surface area contributed by atoms with E-state index in [0.717, 1.165) is 30.4 Å². The third-order valence-corrected chi connectivity index (χ3v) is 5.39. The van der Waals surface area contributed by atoms with Crippen LogP contribution in [0.4, 0.5) is 5.13 Å². The Kier molecular flexibility index (Phi) is 4.15. The van der Waals surface area contributed by atoms with Gasteiger partial charge in [0.25, 0.3) is 0 Å². The molecule has 3 rings (SSSR count). The Labute approximate surface area is 131 Å². The number of carbonyl (C=O) groups excluding carboxylic acids is 1. The van der Waals surface area contributed by atoms with Crippen molar-refractivity contribution in [2.45, 2.75) is 32.1 Å². The largest absolute Gasteiger partial charge is 0.302 e. The van der Waals surface area contributed by atoms with E-state index in [1.807, 2.05) is 0 Å². The van der Waals surface area contributed by atoms with Crippen molar-refractivity contribution in [3.63, 3.8) is 0 Å². The number of hydrogen-bond acceptors (Lipinski definition) is 3. The maximum atomic E-state index is 12.2. The Morgan fingerprint density at radius 3 is 2.60 bits per heavy atom. The number of thiazole rings is 1. The molecule has 1 aliphatic carbocycles. The Balaban J connectivity index is 1.82. The van der Waals surface area contributed by atoms with Crippen LogP contribution in [0.15, 0.2) is 12.1 Å². The van der Waals surface area contributed by atoms with Crippen LogP contribution in [-0.4, -0.2) is 10.9 Å². The number of benzene rings is 1. The minimum Gasteiger partial charge on any atom is -0.302 e. The van der Waals surface area contributed by atoms with Crippen molar-refractivity contribution >= 4 is 55.8 Å². The molecule has 1 aromatic carbocycles. The second-order valence-electron chi connectivity index (χ2n) is 5.05. The summed E-state index contributed by atoms with van der Waals surface area (Å²) in [7, 11) is 0. The Hall–Kier alpha value is -0.840. The van der Waals surface area contributed by atoms with Crippen LogP contribution >= 0.6 is 34.5 Å². The molecule has 6 heteroatoms. The van der Waals surface area contributed by atoms with Gasteiger partial charge in [0.1, 0.15) is 5.52 Å². The topological polar surface area (TPSA) is 42.0 Å². The van der Waals surface area contributed by atoms with Gasteiger partial charge in [-0.15, -0.1) is 0 Å². The summed E-state index contributed by atoms with van der Waals surface area (Å²) in [4.78, 5) is 16.6. The van der Waals surface area contributed by atoms with E-state index < -0.39 is 0 Å². The van der Waals surface area contributed by atoms with Gasteiger partial charge in [-0.3, -0.25) is 4.79 Å². The second kappa shape index (κ2) is 5.88. The number of rotatable bonds is 2. The number of halogens is 2. The van der Waals surface area contributed by atoms with Crippen molar-refractivity contribution in [3.8, 4) is 0 Å². The number of hydrogen-bond donors (Lipinski definition) is 1. The van der Waals surface area contributed by atoms with E-state index >= 15 is 0 Å². The maximum Gasteiger partial charge on any atom is 0.229 e. The lowest BCUT2D eigenvalue weighted by molar-refractivity contribution is -0.120. The van der Waals surface area contributed by atoms with Crippen LogP contribution in [0.3, 0.4) is 0 Å². The van der Waals surface area contributed by atoms with E-state index in [-0.39, 0.29) is 11.8 Å². The summed E-state index contributed by atoms with van der Waals surface area (Å²) in [6.07, 6.45) is 5.44. The molecule has 0 saturated heterocycles. The van der Waals surface area contributed by atoms with Crippen LogP contribution in [-0.2, 0) is 4.79 Å². The van der Waals surface area contributed by atoms with Crippen LogP contribution in [0, 0.1) is 5.92 Å². The predicted molar refractivity (Wildman–Crippen MR) is 84.8 cm³/mol. The highest BCUT2D eigenvalue weighted by Crippen LogP contribution is 2.36. The average molecular weight is 329 g/mol. The van der Waals surface area contributed by atoms with Crippen molar-refractivity contribution in [2.75, 3.05) is 5.32 Å². The molecular formula is C14H14Cl2N2OS. The molecule has 1 fully saturated rings. The van der Waals surface area contributed by atoms with Gasteiger partial charge in [-0.25, -0.2) is 4.98 Å². The number of amides is 1.